The van der Waals surface area contributed by atoms with Crippen molar-refractivity contribution in [3.05, 3.63) is 0 Å². The van der Waals surface area contributed by atoms with E-state index in [0.29, 0.717) is 6.42 Å². The molecule has 2 atom stereocenters. The van der Waals surface area contributed by atoms with Crippen molar-refractivity contribution in [2.75, 3.05) is 13.1 Å². The van der Waals surface area contributed by atoms with Gasteiger partial charge in [0.15, 0.2) is 0 Å². The van der Waals surface area contributed by atoms with Gasteiger partial charge in [-0.15, -0.1) is 0 Å². The first-order chi connectivity index (χ1) is 8.13. The number of piperidine rings is 1. The van der Waals surface area contributed by atoms with Crippen LogP contribution in [0, 0.1) is 0 Å². The van der Waals surface area contributed by atoms with Crippen LogP contribution >= 0.6 is 0 Å². The topological polar surface area (TPSA) is 96.2 Å². The van der Waals surface area contributed by atoms with Gasteiger partial charge in [0.2, 0.25) is 5.91 Å². The Hall–Kier alpha value is -1.30. The number of amides is 3. The zero-order valence-corrected chi connectivity index (χ0v) is 10.3. The van der Waals surface area contributed by atoms with E-state index in [2.05, 4.69) is 16.0 Å². The highest BCUT2D eigenvalue weighted by atomic mass is 16.2. The third-order valence-electron chi connectivity index (χ3n) is 2.85. The Morgan fingerprint density at radius 1 is 1.53 bits per heavy atom. The van der Waals surface area contributed by atoms with E-state index in [-0.39, 0.29) is 11.9 Å². The van der Waals surface area contributed by atoms with E-state index in [1.54, 1.807) is 0 Å². The normalized spacial score (nSPS) is 21.6. The van der Waals surface area contributed by atoms with Gasteiger partial charge in [0.1, 0.15) is 6.04 Å². The fraction of sp³-hybridized carbons (Fsp3) is 0.818. The van der Waals surface area contributed by atoms with E-state index in [1.807, 2.05) is 6.92 Å². The zero-order chi connectivity index (χ0) is 12.7. The first kappa shape index (κ1) is 13.8. The summed E-state index contributed by atoms with van der Waals surface area (Å²) in [6.07, 6.45) is 3.47. The number of nitrogens with two attached hydrogens (primary N) is 1. The lowest BCUT2D eigenvalue weighted by Crippen LogP contribution is -2.53. The second-order valence-electron chi connectivity index (χ2n) is 4.40. The molecule has 0 aromatic carbocycles. The molecular weight excluding hydrogens is 220 g/mol. The van der Waals surface area contributed by atoms with Crippen LogP contribution in [0.3, 0.4) is 0 Å². The maximum absolute atomic E-state index is 11.9. The second kappa shape index (κ2) is 7.11. The van der Waals surface area contributed by atoms with Gasteiger partial charge in [-0.2, -0.15) is 0 Å². The Morgan fingerprint density at radius 2 is 2.29 bits per heavy atom. The average Bonchev–Trinajstić information content (AvgIpc) is 2.29. The van der Waals surface area contributed by atoms with Crippen molar-refractivity contribution in [1.82, 2.24) is 16.0 Å². The molecular formula is C11H22N4O2. The molecule has 3 amide bonds. The van der Waals surface area contributed by atoms with Crippen molar-refractivity contribution in [3.8, 4) is 0 Å². The van der Waals surface area contributed by atoms with E-state index >= 15 is 0 Å². The molecule has 1 rings (SSSR count). The highest BCUT2D eigenvalue weighted by Crippen LogP contribution is 2.03. The van der Waals surface area contributed by atoms with E-state index < -0.39 is 12.1 Å². The molecule has 0 aromatic heterocycles. The minimum absolute atomic E-state index is 0.139. The Kier molecular flexibility index (Phi) is 5.76. The number of urea groups is 1. The van der Waals surface area contributed by atoms with Crippen molar-refractivity contribution in [1.29, 1.82) is 0 Å². The van der Waals surface area contributed by atoms with Crippen LogP contribution < -0.4 is 21.7 Å². The Labute approximate surface area is 102 Å². The van der Waals surface area contributed by atoms with E-state index in [9.17, 15) is 9.59 Å². The molecule has 1 unspecified atom stereocenters. The van der Waals surface area contributed by atoms with E-state index in [1.165, 1.54) is 0 Å². The van der Waals surface area contributed by atoms with Crippen LogP contribution in [0.1, 0.15) is 32.6 Å². The number of nitrogens with one attached hydrogen (secondary N) is 3. The van der Waals surface area contributed by atoms with Crippen LogP contribution in [-0.2, 0) is 4.79 Å². The van der Waals surface area contributed by atoms with Crippen LogP contribution in [0.2, 0.25) is 0 Å². The van der Waals surface area contributed by atoms with Gasteiger partial charge in [0.25, 0.3) is 0 Å². The summed E-state index contributed by atoms with van der Waals surface area (Å²) in [5.74, 6) is -0.139. The minimum atomic E-state index is -0.652. The smallest absolute Gasteiger partial charge is 0.312 e. The van der Waals surface area contributed by atoms with Crippen molar-refractivity contribution in [2.24, 2.45) is 5.73 Å². The summed E-state index contributed by atoms with van der Waals surface area (Å²) in [7, 11) is 0. The molecule has 0 aromatic rings. The minimum Gasteiger partial charge on any atom is -0.352 e. The van der Waals surface area contributed by atoms with Crippen molar-refractivity contribution in [2.45, 2.75) is 44.7 Å². The van der Waals surface area contributed by atoms with Gasteiger partial charge in [-0.05, 0) is 25.8 Å². The molecule has 0 radical (unpaired) electrons. The Bertz CT molecular complexity index is 264. The predicted molar refractivity (Wildman–Crippen MR) is 65.4 cm³/mol. The molecule has 0 saturated carbocycles. The molecule has 6 nitrogen and oxygen atoms in total. The van der Waals surface area contributed by atoms with Gasteiger partial charge >= 0.3 is 6.03 Å². The summed E-state index contributed by atoms with van der Waals surface area (Å²) in [6.45, 7) is 3.76. The molecule has 17 heavy (non-hydrogen) atoms. The SMILES string of the molecule is CCC[C@@H](NC(N)=O)C(=O)NC1CCCNC1. The zero-order valence-electron chi connectivity index (χ0n) is 10.3. The number of carbonyl (C=O) groups is 2. The van der Waals surface area contributed by atoms with Crippen LogP contribution in [0.25, 0.3) is 0 Å². The summed E-state index contributed by atoms with van der Waals surface area (Å²) in [5, 5.41) is 8.64. The first-order valence-corrected chi connectivity index (χ1v) is 6.20. The lowest BCUT2D eigenvalue weighted by Gasteiger charge is -2.26. The van der Waals surface area contributed by atoms with Crippen LogP contribution in [0.5, 0.6) is 0 Å². The Morgan fingerprint density at radius 3 is 2.82 bits per heavy atom. The second-order valence-corrected chi connectivity index (χ2v) is 4.40. The maximum atomic E-state index is 11.9. The molecule has 6 heteroatoms. The van der Waals surface area contributed by atoms with Gasteiger partial charge in [0, 0.05) is 12.6 Å². The standard InChI is InChI=1S/C11H22N4O2/c1-2-4-9(15-11(12)17)10(16)14-8-5-3-6-13-7-8/h8-9,13H,2-7H2,1H3,(H,14,16)(H3,12,15,17)/t8?,9-/m1/s1. The van der Waals surface area contributed by atoms with Gasteiger partial charge < -0.3 is 21.7 Å². The van der Waals surface area contributed by atoms with Crippen molar-refractivity contribution < 1.29 is 9.59 Å². The van der Waals surface area contributed by atoms with Crippen molar-refractivity contribution >= 4 is 11.9 Å². The predicted octanol–water partition coefficient (Wildman–Crippen LogP) is -0.308. The molecule has 98 valence electrons. The number of hydrogen-bond donors (Lipinski definition) is 4. The van der Waals surface area contributed by atoms with Crippen LogP contribution in [0.15, 0.2) is 0 Å². The molecule has 1 aliphatic heterocycles. The summed E-state index contributed by atoms with van der Waals surface area (Å²) in [6, 6.07) is -1.01. The van der Waals surface area contributed by atoms with E-state index in [0.717, 1.165) is 32.4 Å². The summed E-state index contributed by atoms with van der Waals surface area (Å²) in [4.78, 5) is 22.7. The molecule has 0 bridgehead atoms. The highest BCUT2D eigenvalue weighted by molar-refractivity contribution is 5.86. The van der Waals surface area contributed by atoms with Crippen molar-refractivity contribution in [3.63, 3.8) is 0 Å². The summed E-state index contributed by atoms with van der Waals surface area (Å²) in [5.41, 5.74) is 5.05. The third-order valence-corrected chi connectivity index (χ3v) is 2.85. The number of carbonyl (C=O) groups excluding carboxylic acids is 2. The molecule has 1 fully saturated rings. The third kappa shape index (κ3) is 5.04. The molecule has 0 aliphatic carbocycles. The van der Waals surface area contributed by atoms with Gasteiger partial charge in [-0.1, -0.05) is 13.3 Å². The molecule has 1 aliphatic rings. The Balaban J connectivity index is 2.42. The number of primary amides is 1. The quantitative estimate of drug-likeness (QED) is 0.532. The average molecular weight is 242 g/mol. The maximum Gasteiger partial charge on any atom is 0.312 e. The number of rotatable bonds is 5. The molecule has 1 heterocycles. The largest absolute Gasteiger partial charge is 0.352 e. The fourth-order valence-corrected chi connectivity index (χ4v) is 2.01. The first-order valence-electron chi connectivity index (χ1n) is 6.20. The van der Waals surface area contributed by atoms with Gasteiger partial charge in [0.05, 0.1) is 0 Å². The van der Waals surface area contributed by atoms with Crippen LogP contribution in [0.4, 0.5) is 4.79 Å². The molecule has 5 N–H and O–H groups in total. The molecule has 1 saturated heterocycles. The van der Waals surface area contributed by atoms with E-state index in [4.69, 9.17) is 5.73 Å². The van der Waals surface area contributed by atoms with Gasteiger partial charge in [-0.25, -0.2) is 4.79 Å². The lowest BCUT2D eigenvalue weighted by atomic mass is 10.1. The lowest BCUT2D eigenvalue weighted by molar-refractivity contribution is -0.123. The summed E-state index contributed by atoms with van der Waals surface area (Å²) < 4.78 is 0. The number of hydrogen-bond acceptors (Lipinski definition) is 3. The highest BCUT2D eigenvalue weighted by Gasteiger charge is 2.22. The fourth-order valence-electron chi connectivity index (χ4n) is 2.01. The molecule has 0 spiro atoms. The monoisotopic (exact) mass is 242 g/mol. The summed E-state index contributed by atoms with van der Waals surface area (Å²) >= 11 is 0. The van der Waals surface area contributed by atoms with Gasteiger partial charge in [-0.3, -0.25) is 4.79 Å². The van der Waals surface area contributed by atoms with Crippen LogP contribution in [-0.4, -0.2) is 37.1 Å².